The number of alkyl halides is 27. The van der Waals surface area contributed by atoms with Crippen LogP contribution in [0.1, 0.15) is 0 Å². The van der Waals surface area contributed by atoms with Crippen molar-refractivity contribution in [2.24, 2.45) is 22.2 Å². The average molecular weight is 2310 g/mol. The summed E-state index contributed by atoms with van der Waals surface area (Å²) in [5.74, 6) is -0.911. The second-order valence-electron chi connectivity index (χ2n) is 7.34. The van der Waals surface area contributed by atoms with Gasteiger partial charge in [-0.05, 0) is 0 Å². The average Bonchev–Trinajstić information content (AvgIpc) is 2.41. The van der Waals surface area contributed by atoms with Crippen molar-refractivity contribution >= 4 is 430 Å². The van der Waals surface area contributed by atoms with Crippen molar-refractivity contribution in [3.63, 3.8) is 0 Å². The van der Waals surface area contributed by atoms with Crippen molar-refractivity contribution in [1.29, 1.82) is 0 Å². The normalized spacial score (nSPS) is 17.1. The van der Waals surface area contributed by atoms with Gasteiger partial charge in [0.05, 0.1) is 16.2 Å². The molecule has 0 bridgehead atoms. The SMILES string of the molecule is BrC(Br)(Br)C(C(C(C(Br)(Br)Br)(C(Br)(Br)Br)C(Br)(Br)Br)C(C(Br)(Br)Br)(C(Br)(Br)Br)C(Br)(Br)Br)(C(Br)(Br)Br)C(Br)(Br)Br. The second kappa shape index (κ2) is 17.4. The standard InChI is InChI=1S/C13HBr27/c14-5(15,16)2(6(17,18)19,7(20,21)22)1(3(8(23,24)25,9(26,27)28)10(29,30)31)4(11(32,33)34,12(35,36)37)13(38,39)40/h1H. The maximum Gasteiger partial charge on any atom is 0.146 e. The van der Waals surface area contributed by atoms with Crippen LogP contribution in [0.15, 0.2) is 0 Å². The van der Waals surface area contributed by atoms with Crippen LogP contribution in [0.25, 0.3) is 0 Å². The quantitative estimate of drug-likeness (QED) is 0.247. The largest absolute Gasteiger partial charge is 0.146 e. The van der Waals surface area contributed by atoms with Crippen LogP contribution in [0, 0.1) is 22.2 Å². The Morgan fingerprint density at radius 3 is 0.300 bits per heavy atom. The highest BCUT2D eigenvalue weighted by Gasteiger charge is 2.90. The van der Waals surface area contributed by atoms with Crippen LogP contribution >= 0.6 is 430 Å². The summed E-state index contributed by atoms with van der Waals surface area (Å²) in [4.78, 5) is 0. The Bertz CT molecular complexity index is 652. The van der Waals surface area contributed by atoms with Gasteiger partial charge in [0.25, 0.3) is 0 Å². The Labute approximate surface area is 460 Å². The minimum Gasteiger partial charge on any atom is -0.0590 e. The van der Waals surface area contributed by atoms with Gasteiger partial charge in [0.1, 0.15) is 19.3 Å². The Kier molecular flexibility index (Phi) is 23.1. The molecule has 0 aromatic carbocycles. The van der Waals surface area contributed by atoms with Crippen molar-refractivity contribution in [3.05, 3.63) is 0 Å². The van der Waals surface area contributed by atoms with E-state index >= 15 is 0 Å². The zero-order chi connectivity index (χ0) is 33.6. The molecule has 0 aliphatic heterocycles. The molecule has 0 N–H and O–H groups in total. The first kappa shape index (κ1) is 53.0. The minimum atomic E-state index is -1.35. The van der Waals surface area contributed by atoms with E-state index in [4.69, 9.17) is 0 Å². The summed E-state index contributed by atoms with van der Waals surface area (Å²) >= 11 is 106. The highest BCUT2D eigenvalue weighted by Crippen LogP contribution is 2.92. The van der Waals surface area contributed by atoms with Gasteiger partial charge >= 0.3 is 0 Å². The van der Waals surface area contributed by atoms with Gasteiger partial charge in [-0.2, -0.15) is 0 Å². The lowest BCUT2D eigenvalue weighted by Crippen LogP contribution is -2.78. The lowest BCUT2D eigenvalue weighted by molar-refractivity contribution is -0.0242. The fourth-order valence-electron chi connectivity index (χ4n) is 3.89. The number of halogens is 27. The molecule has 0 saturated carbocycles. The van der Waals surface area contributed by atoms with Crippen molar-refractivity contribution in [2.75, 3.05) is 0 Å². The molecule has 0 saturated heterocycles. The van der Waals surface area contributed by atoms with Crippen molar-refractivity contribution in [3.8, 4) is 0 Å². The fraction of sp³-hybridized carbons (Fsp3) is 1.00. The van der Waals surface area contributed by atoms with Crippen LogP contribution < -0.4 is 0 Å². The van der Waals surface area contributed by atoms with Crippen LogP contribution in [-0.4, -0.2) is 19.3 Å². The van der Waals surface area contributed by atoms with Crippen molar-refractivity contribution < 1.29 is 0 Å². The molecular weight excluding hydrogens is 2310 g/mol. The Balaban J connectivity index is 10.1. The van der Waals surface area contributed by atoms with Gasteiger partial charge in [-0.1, -0.05) is 430 Å². The van der Waals surface area contributed by atoms with E-state index in [1.807, 2.05) is 0 Å². The minimum absolute atomic E-state index is 0.911. The van der Waals surface area contributed by atoms with E-state index in [1.165, 1.54) is 0 Å². The van der Waals surface area contributed by atoms with E-state index in [-0.39, 0.29) is 0 Å². The summed E-state index contributed by atoms with van der Waals surface area (Å²) < 4.78 is -10.8. The summed E-state index contributed by atoms with van der Waals surface area (Å²) in [6.07, 6.45) is 0. The van der Waals surface area contributed by atoms with Gasteiger partial charge in [0.2, 0.25) is 0 Å². The topological polar surface area (TPSA) is 0 Å². The molecule has 0 aliphatic rings. The second-order valence-corrected chi connectivity index (χ2v) is 68.2. The zero-order valence-electron chi connectivity index (χ0n) is 16.8. The number of rotatable bonds is 3. The molecule has 27 heteroatoms. The predicted octanol–water partition coefficient (Wildman–Crippen LogP) is 21.1. The molecule has 0 aromatic rings. The Hall–Kier alpha value is 13.0. The first-order chi connectivity index (χ1) is 16.6. The van der Waals surface area contributed by atoms with E-state index in [0.29, 0.717) is 0 Å². The third-order valence-electron chi connectivity index (χ3n) is 5.32. The van der Waals surface area contributed by atoms with Crippen LogP contribution in [0.4, 0.5) is 0 Å². The molecule has 0 fully saturated rings. The van der Waals surface area contributed by atoms with E-state index < -0.39 is 41.4 Å². The fourth-order valence-corrected chi connectivity index (χ4v) is 47.7. The summed E-state index contributed by atoms with van der Waals surface area (Å²) in [7, 11) is 0. The first-order valence-electron chi connectivity index (χ1n) is 8.22. The third-order valence-corrected chi connectivity index (χ3v) is 22.2. The summed E-state index contributed by atoms with van der Waals surface area (Å²) in [6, 6.07) is 0. The van der Waals surface area contributed by atoms with Crippen LogP contribution in [0.3, 0.4) is 0 Å². The van der Waals surface area contributed by atoms with Crippen LogP contribution in [-0.2, 0) is 0 Å². The van der Waals surface area contributed by atoms with E-state index in [0.717, 1.165) is 0 Å². The monoisotopic (exact) mass is 2290 g/mol. The summed E-state index contributed by atoms with van der Waals surface area (Å²) in [5, 5.41) is 0. The molecule has 0 heterocycles. The maximum atomic E-state index is 3.94. The number of hydrogen-bond donors (Lipinski definition) is 0. The lowest BCUT2D eigenvalue weighted by atomic mass is 9.55. The Morgan fingerprint density at radius 2 is 0.250 bits per heavy atom. The third kappa shape index (κ3) is 10.1. The van der Waals surface area contributed by atoms with Crippen LogP contribution in [0.2, 0.25) is 0 Å². The van der Waals surface area contributed by atoms with Gasteiger partial charge in [-0.25, -0.2) is 0 Å². The highest BCUT2D eigenvalue weighted by molar-refractivity contribution is 9.44. The maximum absolute atomic E-state index is 3.94. The molecule has 0 spiro atoms. The van der Waals surface area contributed by atoms with Gasteiger partial charge < -0.3 is 0 Å². The van der Waals surface area contributed by atoms with Crippen molar-refractivity contribution in [1.82, 2.24) is 0 Å². The highest BCUT2D eigenvalue weighted by atomic mass is 80.0. The summed E-state index contributed by atoms with van der Waals surface area (Å²) in [5.41, 5.74) is -4.05. The number of hydrogen-bond acceptors (Lipinski definition) is 0. The van der Waals surface area contributed by atoms with Crippen molar-refractivity contribution in [2.45, 2.75) is 19.3 Å². The van der Waals surface area contributed by atoms with E-state index in [9.17, 15) is 0 Å². The van der Waals surface area contributed by atoms with Gasteiger partial charge in [-0.3, -0.25) is 0 Å². The lowest BCUT2D eigenvalue weighted by Gasteiger charge is -2.73. The molecule has 40 heavy (non-hydrogen) atoms. The van der Waals surface area contributed by atoms with E-state index in [1.54, 1.807) is 0 Å². The molecule has 0 aliphatic carbocycles. The first-order valence-corrected chi connectivity index (χ1v) is 29.6. The van der Waals surface area contributed by atoms with Gasteiger partial charge in [0, 0.05) is 5.92 Å². The van der Waals surface area contributed by atoms with Gasteiger partial charge in [0.15, 0.2) is 0 Å². The van der Waals surface area contributed by atoms with E-state index in [2.05, 4.69) is 430 Å². The predicted molar refractivity (Wildman–Crippen MR) is 276 cm³/mol. The molecular formula is C13HBr27. The molecule has 0 rings (SSSR count). The molecule has 242 valence electrons. The summed E-state index contributed by atoms with van der Waals surface area (Å²) in [6.45, 7) is 0. The Morgan fingerprint density at radius 1 is 0.175 bits per heavy atom. The smallest absolute Gasteiger partial charge is 0.0590 e. The molecule has 0 amide bonds. The van der Waals surface area contributed by atoms with Gasteiger partial charge in [-0.15, -0.1) is 0 Å². The molecule has 0 unspecified atom stereocenters. The molecule has 0 aromatic heterocycles. The van der Waals surface area contributed by atoms with Crippen LogP contribution in [0.5, 0.6) is 0 Å². The molecule has 0 atom stereocenters. The molecule has 0 radical (unpaired) electrons. The zero-order valence-corrected chi connectivity index (χ0v) is 59.6. The molecule has 0 nitrogen and oxygen atoms in total.